The van der Waals surface area contributed by atoms with E-state index in [0.717, 1.165) is 35.9 Å². The first-order chi connectivity index (χ1) is 13.9. The molecular formula is C22H26N4O3. The number of nitrogens with zero attached hydrogens (tertiary/aromatic N) is 4. The Morgan fingerprint density at radius 2 is 1.90 bits per heavy atom. The number of aryl methyl sites for hydroxylation is 1. The van der Waals surface area contributed by atoms with Crippen LogP contribution in [0.4, 0.5) is 0 Å². The second-order valence-electron chi connectivity index (χ2n) is 8.10. The summed E-state index contributed by atoms with van der Waals surface area (Å²) in [5, 5.41) is 9.62. The number of benzene rings is 1. The third kappa shape index (κ3) is 3.62. The van der Waals surface area contributed by atoms with Crippen molar-refractivity contribution in [3.8, 4) is 11.3 Å². The van der Waals surface area contributed by atoms with Gasteiger partial charge < -0.3 is 10.0 Å². The smallest absolute Gasteiger partial charge is 0.309 e. The first-order valence-electron chi connectivity index (χ1n) is 10.0. The molecule has 29 heavy (non-hydrogen) atoms. The first kappa shape index (κ1) is 19.5. The number of hydrogen-bond donors (Lipinski definition) is 1. The van der Waals surface area contributed by atoms with Gasteiger partial charge in [-0.1, -0.05) is 30.3 Å². The van der Waals surface area contributed by atoms with Crippen LogP contribution in [0, 0.1) is 12.8 Å². The predicted molar refractivity (Wildman–Crippen MR) is 108 cm³/mol. The van der Waals surface area contributed by atoms with Crippen LogP contribution in [-0.2, 0) is 16.1 Å². The molecule has 7 heteroatoms. The minimum absolute atomic E-state index is 0.0691. The highest BCUT2D eigenvalue weighted by molar-refractivity contribution is 5.88. The highest BCUT2D eigenvalue weighted by Crippen LogP contribution is 2.42. The second-order valence-corrected chi connectivity index (χ2v) is 8.10. The molecule has 1 aromatic carbocycles. The van der Waals surface area contributed by atoms with Gasteiger partial charge in [0.1, 0.15) is 5.82 Å². The van der Waals surface area contributed by atoms with Gasteiger partial charge in [-0.2, -0.15) is 0 Å². The Hall–Kier alpha value is -2.80. The fraction of sp³-hybridized carbons (Fsp3) is 0.455. The quantitative estimate of drug-likeness (QED) is 0.857. The Kier molecular flexibility index (Phi) is 5.08. The molecule has 4 rings (SSSR count). The van der Waals surface area contributed by atoms with E-state index >= 15 is 0 Å². The topological polar surface area (TPSA) is 86.6 Å². The molecule has 0 aliphatic carbocycles. The van der Waals surface area contributed by atoms with E-state index in [2.05, 4.69) is 9.88 Å². The van der Waals surface area contributed by atoms with E-state index < -0.39 is 17.4 Å². The minimum atomic E-state index is -0.870. The van der Waals surface area contributed by atoms with Gasteiger partial charge in [-0.05, 0) is 25.8 Å². The number of aromatic nitrogens is 2. The molecule has 1 aromatic heterocycles. The molecule has 1 N–H and O–H groups in total. The number of carbonyl (C=O) groups excluding carboxylic acids is 1. The molecule has 2 aliphatic heterocycles. The van der Waals surface area contributed by atoms with E-state index in [-0.39, 0.29) is 12.3 Å². The lowest BCUT2D eigenvalue weighted by Crippen LogP contribution is -2.56. The average molecular weight is 394 g/mol. The third-order valence-electron chi connectivity index (χ3n) is 6.42. The van der Waals surface area contributed by atoms with Crippen LogP contribution in [-0.4, -0.2) is 62.4 Å². The van der Waals surface area contributed by atoms with E-state index in [9.17, 15) is 14.7 Å². The number of carboxylic acid groups (broad SMARTS) is 1. The van der Waals surface area contributed by atoms with Crippen molar-refractivity contribution in [2.45, 2.75) is 38.3 Å². The number of carboxylic acids is 1. The number of piperidine rings is 1. The molecule has 0 radical (unpaired) electrons. The Bertz CT molecular complexity index is 923. The molecule has 2 aromatic rings. The van der Waals surface area contributed by atoms with Crippen molar-refractivity contribution in [1.29, 1.82) is 0 Å². The third-order valence-corrected chi connectivity index (χ3v) is 6.42. The molecule has 7 nitrogen and oxygen atoms in total. The summed E-state index contributed by atoms with van der Waals surface area (Å²) in [5.41, 5.74) is 2.33. The summed E-state index contributed by atoms with van der Waals surface area (Å²) in [7, 11) is 1.75. The maximum absolute atomic E-state index is 12.2. The van der Waals surface area contributed by atoms with E-state index in [1.807, 2.05) is 43.3 Å². The van der Waals surface area contributed by atoms with Crippen molar-refractivity contribution in [2.75, 3.05) is 20.1 Å². The molecule has 2 aliphatic rings. The lowest BCUT2D eigenvalue weighted by Gasteiger charge is -2.45. The molecule has 3 heterocycles. The van der Waals surface area contributed by atoms with Crippen molar-refractivity contribution in [3.63, 3.8) is 0 Å². The Labute approximate surface area is 170 Å². The summed E-state index contributed by atoms with van der Waals surface area (Å²) in [5.74, 6) is -0.793. The monoisotopic (exact) mass is 394 g/mol. The number of hydrogen-bond acceptors (Lipinski definition) is 5. The molecular weight excluding hydrogens is 368 g/mol. The largest absolute Gasteiger partial charge is 0.481 e. The van der Waals surface area contributed by atoms with E-state index in [1.54, 1.807) is 11.9 Å². The van der Waals surface area contributed by atoms with Gasteiger partial charge in [-0.25, -0.2) is 9.97 Å². The zero-order chi connectivity index (χ0) is 20.6. The SMILES string of the molecule is Cc1cc(-c2ccccc2)nc(CN2CCC3(CC2)[C@H](C(=O)O)CC(=O)N3C)n1. The zero-order valence-electron chi connectivity index (χ0n) is 16.8. The number of amides is 1. The fourth-order valence-corrected chi connectivity index (χ4v) is 4.74. The van der Waals surface area contributed by atoms with Crippen LogP contribution < -0.4 is 0 Å². The molecule has 0 unspecified atom stereocenters. The first-order valence-corrected chi connectivity index (χ1v) is 10.0. The van der Waals surface area contributed by atoms with Gasteiger partial charge in [0.05, 0.1) is 23.7 Å². The zero-order valence-corrected chi connectivity index (χ0v) is 16.8. The molecule has 1 atom stereocenters. The van der Waals surface area contributed by atoms with Crippen LogP contribution in [0.15, 0.2) is 36.4 Å². The maximum Gasteiger partial charge on any atom is 0.309 e. The van der Waals surface area contributed by atoms with Gasteiger partial charge in [0, 0.05) is 37.8 Å². The number of rotatable bonds is 4. The van der Waals surface area contributed by atoms with Gasteiger partial charge >= 0.3 is 5.97 Å². The van der Waals surface area contributed by atoms with E-state index in [1.165, 1.54) is 0 Å². The number of likely N-dealkylation sites (tertiary alicyclic amines) is 2. The second kappa shape index (κ2) is 7.55. The lowest BCUT2D eigenvalue weighted by atomic mass is 9.77. The summed E-state index contributed by atoms with van der Waals surface area (Å²) < 4.78 is 0. The van der Waals surface area contributed by atoms with Crippen LogP contribution in [0.3, 0.4) is 0 Å². The summed E-state index contributed by atoms with van der Waals surface area (Å²) >= 11 is 0. The Morgan fingerprint density at radius 3 is 2.55 bits per heavy atom. The van der Waals surface area contributed by atoms with Gasteiger partial charge in [-0.3, -0.25) is 14.5 Å². The van der Waals surface area contributed by atoms with Gasteiger partial charge in [0.15, 0.2) is 0 Å². The van der Waals surface area contributed by atoms with Gasteiger partial charge in [-0.15, -0.1) is 0 Å². The minimum Gasteiger partial charge on any atom is -0.481 e. The Balaban J connectivity index is 1.48. The molecule has 2 fully saturated rings. The van der Waals surface area contributed by atoms with Crippen LogP contribution in [0.25, 0.3) is 11.3 Å². The molecule has 1 amide bonds. The standard InChI is InChI=1S/C22H26N4O3/c1-15-12-18(16-6-4-3-5-7-16)24-19(23-15)14-26-10-8-22(9-11-26)17(21(28)29)13-20(27)25(22)2/h3-7,12,17H,8-11,13-14H2,1-2H3,(H,28,29)/t17-/m0/s1. The van der Waals surface area contributed by atoms with Crippen molar-refractivity contribution >= 4 is 11.9 Å². The molecule has 2 saturated heterocycles. The molecule has 152 valence electrons. The van der Waals surface area contributed by atoms with Crippen LogP contribution in [0.1, 0.15) is 30.8 Å². The van der Waals surface area contributed by atoms with Crippen LogP contribution in [0.2, 0.25) is 0 Å². The highest BCUT2D eigenvalue weighted by atomic mass is 16.4. The predicted octanol–water partition coefficient (Wildman–Crippen LogP) is 2.35. The van der Waals surface area contributed by atoms with Gasteiger partial charge in [0.25, 0.3) is 0 Å². The van der Waals surface area contributed by atoms with Crippen molar-refractivity contribution < 1.29 is 14.7 Å². The molecule has 1 spiro atoms. The molecule has 0 saturated carbocycles. The highest BCUT2D eigenvalue weighted by Gasteiger charge is 2.55. The summed E-state index contributed by atoms with van der Waals surface area (Å²) in [6.45, 7) is 4.03. The van der Waals surface area contributed by atoms with Crippen molar-refractivity contribution in [1.82, 2.24) is 19.8 Å². The lowest BCUT2D eigenvalue weighted by molar-refractivity contribution is -0.146. The van der Waals surface area contributed by atoms with E-state index in [4.69, 9.17) is 4.98 Å². The van der Waals surface area contributed by atoms with Crippen molar-refractivity contribution in [2.24, 2.45) is 5.92 Å². The summed E-state index contributed by atoms with van der Waals surface area (Å²) in [6.07, 6.45) is 1.42. The summed E-state index contributed by atoms with van der Waals surface area (Å²) in [4.78, 5) is 37.2. The normalized spacial score (nSPS) is 21.7. The van der Waals surface area contributed by atoms with Gasteiger partial charge in [0.2, 0.25) is 5.91 Å². The number of aliphatic carboxylic acids is 1. The Morgan fingerprint density at radius 1 is 1.21 bits per heavy atom. The maximum atomic E-state index is 12.2. The van der Waals surface area contributed by atoms with Crippen LogP contribution in [0.5, 0.6) is 0 Å². The van der Waals surface area contributed by atoms with Crippen molar-refractivity contribution in [3.05, 3.63) is 47.9 Å². The average Bonchev–Trinajstić information content (AvgIpc) is 2.95. The summed E-state index contributed by atoms with van der Waals surface area (Å²) in [6, 6.07) is 12.0. The van der Waals surface area contributed by atoms with Crippen LogP contribution >= 0.6 is 0 Å². The molecule has 0 bridgehead atoms. The fourth-order valence-electron chi connectivity index (χ4n) is 4.74. The van der Waals surface area contributed by atoms with E-state index in [0.29, 0.717) is 19.4 Å². The number of carbonyl (C=O) groups is 2.